The van der Waals surface area contributed by atoms with E-state index in [1.54, 1.807) is 12.1 Å². The van der Waals surface area contributed by atoms with E-state index in [4.69, 9.17) is 9.15 Å². The van der Waals surface area contributed by atoms with Crippen LogP contribution in [0.25, 0.3) is 0 Å². The zero-order chi connectivity index (χ0) is 29.1. The third kappa shape index (κ3) is 5.61. The van der Waals surface area contributed by atoms with Crippen molar-refractivity contribution in [3.8, 4) is 0 Å². The second-order valence-corrected chi connectivity index (χ2v) is 11.7. The molecule has 1 N–H and O–H groups in total. The van der Waals surface area contributed by atoms with Crippen LogP contribution in [0.5, 0.6) is 0 Å². The molecule has 2 aliphatic heterocycles. The van der Waals surface area contributed by atoms with E-state index in [9.17, 15) is 18.9 Å². The zero-order valence-electron chi connectivity index (χ0n) is 22.6. The van der Waals surface area contributed by atoms with Crippen molar-refractivity contribution in [1.82, 2.24) is 10.2 Å². The standard InChI is InChI=1S/C33H28N2O6S/c36-27(19-22-11-4-1-5-12-22)34-28-31(37)35-29(25(21-42(39)32(28)35)20-26-17-10-18-40-26)33(38)41-30(23-13-6-2-7-14-23)24-15-8-3-9-16-24/h1-18,28,30,32H,19-21H2,(H,34,36)/t28-,32-,42?/m1/s1. The molecular formula is C33H28N2O6S. The lowest BCUT2D eigenvalue weighted by Gasteiger charge is -2.49. The fourth-order valence-corrected chi connectivity index (χ4v) is 7.04. The van der Waals surface area contributed by atoms with Crippen LogP contribution in [0.1, 0.15) is 28.6 Å². The van der Waals surface area contributed by atoms with Crippen molar-refractivity contribution in [2.75, 3.05) is 5.75 Å². The van der Waals surface area contributed by atoms with E-state index in [0.29, 0.717) is 11.3 Å². The molecule has 212 valence electrons. The van der Waals surface area contributed by atoms with Crippen LogP contribution in [-0.4, -0.2) is 44.4 Å². The molecule has 1 aromatic heterocycles. The van der Waals surface area contributed by atoms with Crippen LogP contribution in [0.2, 0.25) is 0 Å². The molecule has 0 bridgehead atoms. The highest BCUT2D eigenvalue weighted by molar-refractivity contribution is 7.92. The largest absolute Gasteiger partial charge is 0.614 e. The van der Waals surface area contributed by atoms with Gasteiger partial charge in [0.05, 0.1) is 12.7 Å². The van der Waals surface area contributed by atoms with Gasteiger partial charge in [0.1, 0.15) is 17.2 Å². The molecule has 0 spiro atoms. The van der Waals surface area contributed by atoms with Gasteiger partial charge in [0, 0.05) is 12.0 Å². The summed E-state index contributed by atoms with van der Waals surface area (Å²) in [5.74, 6) is -0.980. The minimum absolute atomic E-state index is 0.0337. The van der Waals surface area contributed by atoms with Crippen LogP contribution >= 0.6 is 0 Å². The lowest BCUT2D eigenvalue weighted by Crippen LogP contribution is -2.75. The summed E-state index contributed by atoms with van der Waals surface area (Å²) in [6.07, 6.45) is 1.05. The van der Waals surface area contributed by atoms with Crippen molar-refractivity contribution < 1.29 is 28.1 Å². The molecule has 4 aromatic rings. The summed E-state index contributed by atoms with van der Waals surface area (Å²) in [5, 5.41) is 1.86. The van der Waals surface area contributed by atoms with E-state index in [1.807, 2.05) is 91.0 Å². The summed E-state index contributed by atoms with van der Waals surface area (Å²) >= 11 is -1.57. The topological polar surface area (TPSA) is 112 Å². The maximum absolute atomic E-state index is 14.0. The van der Waals surface area contributed by atoms with Crippen molar-refractivity contribution in [1.29, 1.82) is 0 Å². The molecule has 8 nitrogen and oxygen atoms in total. The third-order valence-corrected chi connectivity index (χ3v) is 8.97. The molecule has 3 atom stereocenters. The van der Waals surface area contributed by atoms with Gasteiger partial charge in [-0.3, -0.25) is 14.5 Å². The summed E-state index contributed by atoms with van der Waals surface area (Å²) in [6, 6.07) is 30.3. The molecule has 9 heteroatoms. The number of ether oxygens (including phenoxy) is 1. The van der Waals surface area contributed by atoms with Gasteiger partial charge in [-0.1, -0.05) is 91.0 Å². The van der Waals surface area contributed by atoms with Crippen LogP contribution in [0.4, 0.5) is 0 Å². The van der Waals surface area contributed by atoms with Crippen LogP contribution in [0.15, 0.2) is 125 Å². The van der Waals surface area contributed by atoms with Gasteiger partial charge in [-0.15, -0.1) is 0 Å². The average Bonchev–Trinajstić information content (AvgIpc) is 3.53. The van der Waals surface area contributed by atoms with Crippen molar-refractivity contribution in [2.24, 2.45) is 0 Å². The number of carbonyl (C=O) groups excluding carboxylic acids is 3. The van der Waals surface area contributed by atoms with Gasteiger partial charge >= 0.3 is 5.97 Å². The number of esters is 1. The maximum atomic E-state index is 14.0. The number of β-lactam (4-membered cyclic amide) rings is 1. The predicted molar refractivity (Wildman–Crippen MR) is 156 cm³/mol. The first-order valence-electron chi connectivity index (χ1n) is 13.6. The molecule has 6 rings (SSSR count). The van der Waals surface area contributed by atoms with Crippen LogP contribution in [-0.2, 0) is 43.1 Å². The average molecular weight is 581 g/mol. The molecule has 1 saturated heterocycles. The molecule has 0 saturated carbocycles. The highest BCUT2D eigenvalue weighted by atomic mass is 32.2. The Morgan fingerprint density at radius 1 is 0.929 bits per heavy atom. The lowest BCUT2D eigenvalue weighted by molar-refractivity contribution is -0.155. The number of rotatable bonds is 9. The van der Waals surface area contributed by atoms with Crippen molar-refractivity contribution in [3.05, 3.63) is 143 Å². The third-order valence-electron chi connectivity index (χ3n) is 7.32. The number of furan rings is 1. The van der Waals surface area contributed by atoms with Crippen molar-refractivity contribution >= 4 is 29.0 Å². The van der Waals surface area contributed by atoms with E-state index in [0.717, 1.165) is 16.7 Å². The Morgan fingerprint density at radius 2 is 1.55 bits per heavy atom. The van der Waals surface area contributed by atoms with Crippen molar-refractivity contribution in [3.63, 3.8) is 0 Å². The van der Waals surface area contributed by atoms with Gasteiger partial charge in [-0.25, -0.2) is 4.79 Å². The maximum Gasteiger partial charge on any atom is 0.356 e. The minimum Gasteiger partial charge on any atom is -0.614 e. The number of hydrogen-bond acceptors (Lipinski definition) is 6. The van der Waals surface area contributed by atoms with E-state index in [-0.39, 0.29) is 30.2 Å². The molecular weight excluding hydrogens is 552 g/mol. The number of amides is 2. The summed E-state index contributed by atoms with van der Waals surface area (Å²) in [7, 11) is 0. The monoisotopic (exact) mass is 580 g/mol. The Labute approximate surface area is 246 Å². The predicted octanol–water partition coefficient (Wildman–Crippen LogP) is 4.07. The second-order valence-electron chi connectivity index (χ2n) is 10.1. The summed E-state index contributed by atoms with van der Waals surface area (Å²) in [6.45, 7) is 0. The van der Waals surface area contributed by atoms with E-state index >= 15 is 0 Å². The van der Waals surface area contributed by atoms with E-state index in [1.165, 1.54) is 11.2 Å². The molecule has 0 aliphatic carbocycles. The number of nitrogens with zero attached hydrogens (tertiary/aromatic N) is 1. The number of hydrogen-bond donors (Lipinski definition) is 1. The van der Waals surface area contributed by atoms with Crippen molar-refractivity contribution in [2.45, 2.75) is 30.4 Å². The molecule has 2 aliphatic rings. The van der Waals surface area contributed by atoms with Gasteiger partial charge in [0.2, 0.25) is 11.3 Å². The molecule has 0 radical (unpaired) electrons. The number of carbonyl (C=O) groups is 3. The van der Waals surface area contributed by atoms with Crippen LogP contribution < -0.4 is 5.32 Å². The summed E-state index contributed by atoms with van der Waals surface area (Å²) in [4.78, 5) is 41.6. The smallest absolute Gasteiger partial charge is 0.356 e. The van der Waals surface area contributed by atoms with Gasteiger partial charge in [0.15, 0.2) is 12.1 Å². The lowest BCUT2D eigenvalue weighted by atomic mass is 9.99. The first kappa shape index (κ1) is 27.6. The molecule has 42 heavy (non-hydrogen) atoms. The normalized spacial score (nSPS) is 19.7. The van der Waals surface area contributed by atoms with Gasteiger partial charge in [-0.05, 0) is 40.0 Å². The number of fused-ring (bicyclic) bond motifs is 1. The molecule has 2 amide bonds. The Hall–Kier alpha value is -4.60. The summed E-state index contributed by atoms with van der Waals surface area (Å²) < 4.78 is 25.1. The first-order chi connectivity index (χ1) is 20.5. The minimum atomic E-state index is -1.57. The summed E-state index contributed by atoms with van der Waals surface area (Å²) in [5.41, 5.74) is 2.85. The Kier molecular flexibility index (Phi) is 7.94. The van der Waals surface area contributed by atoms with Gasteiger partial charge in [0.25, 0.3) is 5.91 Å². The quantitative estimate of drug-likeness (QED) is 0.182. The zero-order valence-corrected chi connectivity index (χ0v) is 23.4. The molecule has 1 fully saturated rings. The van der Waals surface area contributed by atoms with Gasteiger partial charge < -0.3 is 19.0 Å². The van der Waals surface area contributed by atoms with Gasteiger partial charge in [-0.2, -0.15) is 0 Å². The number of nitrogens with one attached hydrogen (secondary N) is 1. The molecule has 3 heterocycles. The fourth-order valence-electron chi connectivity index (χ4n) is 5.35. The second kappa shape index (κ2) is 12.1. The van der Waals surface area contributed by atoms with Crippen LogP contribution in [0.3, 0.4) is 0 Å². The first-order valence-corrected chi connectivity index (χ1v) is 15.0. The number of benzene rings is 3. The highest BCUT2D eigenvalue weighted by Crippen LogP contribution is 2.39. The van der Waals surface area contributed by atoms with E-state index in [2.05, 4.69) is 5.32 Å². The highest BCUT2D eigenvalue weighted by Gasteiger charge is 2.61. The van der Waals surface area contributed by atoms with Crippen LogP contribution in [0, 0.1) is 0 Å². The van der Waals surface area contributed by atoms with E-state index < -0.39 is 40.6 Å². The SMILES string of the molecule is O=C(Cc1ccccc1)N[C@@H]1C(=O)N2C(C(=O)OC(c3ccccc3)c3ccccc3)=C(Cc3ccco3)C[S+]([O-])[C@H]12. The molecule has 1 unspecified atom stereocenters. The Morgan fingerprint density at radius 3 is 2.14 bits per heavy atom. The Balaban J connectivity index is 1.30. The molecule has 3 aromatic carbocycles. The fraction of sp³-hybridized carbons (Fsp3) is 0.182. The Bertz CT molecular complexity index is 1550.